The summed E-state index contributed by atoms with van der Waals surface area (Å²) in [7, 11) is 0. The van der Waals surface area contributed by atoms with Crippen LogP contribution >= 0.6 is 11.3 Å². The molecule has 0 radical (unpaired) electrons. The Morgan fingerprint density at radius 3 is 2.71 bits per heavy atom. The molecule has 2 aromatic carbocycles. The first-order valence-electron chi connectivity index (χ1n) is 8.93. The van der Waals surface area contributed by atoms with Gasteiger partial charge >= 0.3 is 0 Å². The van der Waals surface area contributed by atoms with E-state index in [1.165, 1.54) is 11.3 Å². The van der Waals surface area contributed by atoms with Crippen LogP contribution in [0.2, 0.25) is 0 Å². The van der Waals surface area contributed by atoms with E-state index >= 15 is 0 Å². The summed E-state index contributed by atoms with van der Waals surface area (Å²) in [5.74, 6) is 0.946. The van der Waals surface area contributed by atoms with Crippen molar-refractivity contribution in [3.63, 3.8) is 0 Å². The number of benzene rings is 2. The number of rotatable bonds is 5. The van der Waals surface area contributed by atoms with Crippen molar-refractivity contribution in [2.45, 2.75) is 20.8 Å². The van der Waals surface area contributed by atoms with Crippen molar-refractivity contribution in [1.82, 2.24) is 10.1 Å². The summed E-state index contributed by atoms with van der Waals surface area (Å²) in [4.78, 5) is 17.4. The lowest BCUT2D eigenvalue weighted by molar-refractivity contribution is 0.102. The van der Waals surface area contributed by atoms with E-state index in [9.17, 15) is 4.79 Å². The molecule has 2 heterocycles. The summed E-state index contributed by atoms with van der Waals surface area (Å²) in [6.07, 6.45) is 0. The molecule has 0 aliphatic carbocycles. The van der Waals surface area contributed by atoms with Gasteiger partial charge in [0.1, 0.15) is 11.3 Å². The zero-order valence-electron chi connectivity index (χ0n) is 15.8. The molecule has 1 N–H and O–H groups in total. The Labute approximate surface area is 166 Å². The summed E-state index contributed by atoms with van der Waals surface area (Å²) in [5.41, 5.74) is 3.70. The molecule has 28 heavy (non-hydrogen) atoms. The van der Waals surface area contributed by atoms with Crippen molar-refractivity contribution in [3.8, 4) is 17.1 Å². The second kappa shape index (κ2) is 7.44. The van der Waals surface area contributed by atoms with Crippen molar-refractivity contribution in [1.29, 1.82) is 0 Å². The Morgan fingerprint density at radius 2 is 1.96 bits per heavy atom. The molecule has 4 rings (SSSR count). The van der Waals surface area contributed by atoms with E-state index in [-0.39, 0.29) is 5.91 Å². The zero-order valence-corrected chi connectivity index (χ0v) is 16.6. The van der Waals surface area contributed by atoms with Gasteiger partial charge in [0.15, 0.2) is 10.9 Å². The van der Waals surface area contributed by atoms with Crippen LogP contribution in [0.25, 0.3) is 21.5 Å². The topological polar surface area (TPSA) is 77.2 Å². The quantitative estimate of drug-likeness (QED) is 0.503. The van der Waals surface area contributed by atoms with Crippen LogP contribution in [-0.4, -0.2) is 22.7 Å². The van der Waals surface area contributed by atoms with E-state index in [0.29, 0.717) is 28.8 Å². The number of hydrogen-bond donors (Lipinski definition) is 1. The van der Waals surface area contributed by atoms with Gasteiger partial charge in [-0.25, -0.2) is 4.98 Å². The fourth-order valence-corrected chi connectivity index (χ4v) is 3.80. The number of carbonyl (C=O) groups excluding carboxylic acids is 1. The molecule has 4 aromatic rings. The van der Waals surface area contributed by atoms with Crippen LogP contribution in [-0.2, 0) is 0 Å². The lowest BCUT2D eigenvalue weighted by Gasteiger charge is -2.03. The highest BCUT2D eigenvalue weighted by molar-refractivity contribution is 7.22. The smallest absolute Gasteiger partial charge is 0.263 e. The number of ether oxygens (including phenoxy) is 1. The molecule has 142 valence electrons. The standard InChI is InChI=1S/C21H19N3O3S/c1-4-26-15-9-10-16-17(11-15)28-21(22-16)23-20(25)18-13(3)24-27-19(18)14-7-5-12(2)6-8-14/h5-11H,4H2,1-3H3,(H,22,23,25). The summed E-state index contributed by atoms with van der Waals surface area (Å²) < 4.78 is 11.9. The minimum atomic E-state index is -0.293. The lowest BCUT2D eigenvalue weighted by Crippen LogP contribution is -2.13. The normalized spacial score (nSPS) is 11.0. The molecule has 0 saturated heterocycles. The Hall–Kier alpha value is -3.19. The third kappa shape index (κ3) is 3.48. The fraction of sp³-hybridized carbons (Fsp3) is 0.190. The highest BCUT2D eigenvalue weighted by atomic mass is 32.1. The van der Waals surface area contributed by atoms with Gasteiger partial charge in [-0.05, 0) is 39.0 Å². The van der Waals surface area contributed by atoms with Gasteiger partial charge in [0.05, 0.1) is 22.5 Å². The number of amides is 1. The number of anilines is 1. The minimum Gasteiger partial charge on any atom is -0.494 e. The van der Waals surface area contributed by atoms with Crippen molar-refractivity contribution in [2.75, 3.05) is 11.9 Å². The average Bonchev–Trinajstić information content (AvgIpc) is 3.25. The molecule has 7 heteroatoms. The van der Waals surface area contributed by atoms with Crippen LogP contribution in [0.5, 0.6) is 5.75 Å². The van der Waals surface area contributed by atoms with E-state index in [1.807, 2.05) is 56.3 Å². The SMILES string of the molecule is CCOc1ccc2nc(NC(=O)c3c(C)noc3-c3ccc(C)cc3)sc2c1. The van der Waals surface area contributed by atoms with E-state index in [4.69, 9.17) is 9.26 Å². The third-order valence-electron chi connectivity index (χ3n) is 4.29. The van der Waals surface area contributed by atoms with Crippen LogP contribution in [0.1, 0.15) is 28.5 Å². The summed E-state index contributed by atoms with van der Waals surface area (Å²) in [5, 5.41) is 7.38. The maximum atomic E-state index is 12.9. The Morgan fingerprint density at radius 1 is 1.18 bits per heavy atom. The molecular weight excluding hydrogens is 374 g/mol. The molecule has 0 bridgehead atoms. The van der Waals surface area contributed by atoms with Crippen molar-refractivity contribution in [3.05, 3.63) is 59.3 Å². The fourth-order valence-electron chi connectivity index (χ4n) is 2.91. The number of aromatic nitrogens is 2. The number of carbonyl (C=O) groups is 1. The Kier molecular flexibility index (Phi) is 4.83. The highest BCUT2D eigenvalue weighted by Crippen LogP contribution is 2.31. The summed E-state index contributed by atoms with van der Waals surface area (Å²) >= 11 is 1.40. The second-order valence-electron chi connectivity index (χ2n) is 6.37. The average molecular weight is 393 g/mol. The molecule has 1 amide bonds. The molecule has 0 saturated carbocycles. The van der Waals surface area contributed by atoms with Crippen molar-refractivity contribution >= 4 is 32.6 Å². The summed E-state index contributed by atoms with van der Waals surface area (Å²) in [6.45, 7) is 6.30. The summed E-state index contributed by atoms with van der Waals surface area (Å²) in [6, 6.07) is 13.5. The molecule has 0 spiro atoms. The van der Waals surface area contributed by atoms with E-state index < -0.39 is 0 Å². The van der Waals surface area contributed by atoms with Gasteiger partial charge in [0.25, 0.3) is 5.91 Å². The van der Waals surface area contributed by atoms with Gasteiger partial charge in [-0.15, -0.1) is 0 Å². The van der Waals surface area contributed by atoms with Crippen molar-refractivity contribution in [2.24, 2.45) is 0 Å². The lowest BCUT2D eigenvalue weighted by atomic mass is 10.1. The van der Waals surface area contributed by atoms with Crippen LogP contribution in [0.3, 0.4) is 0 Å². The molecule has 0 atom stereocenters. The minimum absolute atomic E-state index is 0.293. The maximum absolute atomic E-state index is 12.9. The van der Waals surface area contributed by atoms with E-state index in [1.54, 1.807) is 6.92 Å². The molecular formula is C21H19N3O3S. The van der Waals surface area contributed by atoms with Crippen molar-refractivity contribution < 1.29 is 14.1 Å². The number of nitrogens with zero attached hydrogens (tertiary/aromatic N) is 2. The van der Waals surface area contributed by atoms with Crippen LogP contribution in [0.15, 0.2) is 47.0 Å². The number of nitrogens with one attached hydrogen (secondary N) is 1. The van der Waals surface area contributed by atoms with E-state index in [0.717, 1.165) is 27.1 Å². The number of fused-ring (bicyclic) bond motifs is 1. The predicted molar refractivity (Wildman–Crippen MR) is 110 cm³/mol. The van der Waals surface area contributed by atoms with Crippen LogP contribution < -0.4 is 10.1 Å². The molecule has 0 unspecified atom stereocenters. The highest BCUT2D eigenvalue weighted by Gasteiger charge is 2.23. The molecule has 0 fully saturated rings. The van der Waals surface area contributed by atoms with Gasteiger partial charge in [0, 0.05) is 5.56 Å². The van der Waals surface area contributed by atoms with Gasteiger partial charge in [-0.2, -0.15) is 0 Å². The van der Waals surface area contributed by atoms with Crippen LogP contribution in [0.4, 0.5) is 5.13 Å². The van der Waals surface area contributed by atoms with Gasteiger partial charge in [-0.3, -0.25) is 10.1 Å². The first-order chi connectivity index (χ1) is 13.5. The second-order valence-corrected chi connectivity index (χ2v) is 7.40. The predicted octanol–water partition coefficient (Wildman–Crippen LogP) is 5.22. The maximum Gasteiger partial charge on any atom is 0.263 e. The Balaban J connectivity index is 1.63. The van der Waals surface area contributed by atoms with Gasteiger partial charge < -0.3 is 9.26 Å². The van der Waals surface area contributed by atoms with Crippen LogP contribution in [0, 0.1) is 13.8 Å². The largest absolute Gasteiger partial charge is 0.494 e. The van der Waals surface area contributed by atoms with Gasteiger partial charge in [0.2, 0.25) is 0 Å². The Bertz CT molecular complexity index is 1150. The number of aryl methyl sites for hydroxylation is 2. The first kappa shape index (κ1) is 18.2. The monoisotopic (exact) mass is 393 g/mol. The number of hydrogen-bond acceptors (Lipinski definition) is 6. The van der Waals surface area contributed by atoms with Gasteiger partial charge in [-0.1, -0.05) is 46.3 Å². The number of thiazole rings is 1. The first-order valence-corrected chi connectivity index (χ1v) is 9.75. The molecule has 0 aliphatic heterocycles. The molecule has 6 nitrogen and oxygen atoms in total. The third-order valence-corrected chi connectivity index (χ3v) is 5.23. The molecule has 0 aliphatic rings. The van der Waals surface area contributed by atoms with E-state index in [2.05, 4.69) is 15.5 Å². The zero-order chi connectivity index (χ0) is 19.7. The molecule has 2 aromatic heterocycles.